The van der Waals surface area contributed by atoms with Gasteiger partial charge in [0.1, 0.15) is 5.76 Å². The number of carbonyl (C=O) groups is 1. The normalized spacial score (nSPS) is 18.4. The molecule has 0 aromatic carbocycles. The van der Waals surface area contributed by atoms with Gasteiger partial charge >= 0.3 is 0 Å². The number of carbonyl (C=O) groups excluding carboxylic acids is 1. The molecule has 4 heteroatoms. The molecule has 0 saturated carbocycles. The van der Waals surface area contributed by atoms with Gasteiger partial charge in [0.25, 0.3) is 5.91 Å². The summed E-state index contributed by atoms with van der Waals surface area (Å²) in [6.07, 6.45) is 2.26. The van der Waals surface area contributed by atoms with E-state index in [0.717, 1.165) is 25.0 Å². The molecule has 0 atom stereocenters. The Morgan fingerprint density at radius 1 is 1.50 bits per heavy atom. The fourth-order valence-corrected chi connectivity index (χ4v) is 2.15. The summed E-state index contributed by atoms with van der Waals surface area (Å²) in [5.74, 6) is 1.18. The summed E-state index contributed by atoms with van der Waals surface area (Å²) in [4.78, 5) is 14.0. The summed E-state index contributed by atoms with van der Waals surface area (Å²) in [7, 11) is 0. The summed E-state index contributed by atoms with van der Waals surface area (Å²) in [6.45, 7) is 5.21. The van der Waals surface area contributed by atoms with Gasteiger partial charge in [-0.05, 0) is 31.9 Å². The molecule has 18 heavy (non-hydrogen) atoms. The number of nitrogens with zero attached hydrogens (tertiary/aromatic N) is 2. The Morgan fingerprint density at radius 2 is 2.17 bits per heavy atom. The lowest BCUT2D eigenvalue weighted by molar-refractivity contribution is 0.0628. The van der Waals surface area contributed by atoms with Gasteiger partial charge < -0.3 is 9.32 Å². The highest BCUT2D eigenvalue weighted by Gasteiger charge is 2.32. The Labute approximate surface area is 107 Å². The maximum absolute atomic E-state index is 12.2. The molecule has 2 rings (SSSR count). The first-order chi connectivity index (χ1) is 8.58. The van der Waals surface area contributed by atoms with E-state index in [1.54, 1.807) is 11.0 Å². The number of aryl methyl sites for hydroxylation is 1. The van der Waals surface area contributed by atoms with Crippen LogP contribution in [-0.2, 0) is 6.42 Å². The van der Waals surface area contributed by atoms with E-state index in [9.17, 15) is 4.79 Å². The monoisotopic (exact) mass is 246 g/mol. The van der Waals surface area contributed by atoms with Crippen LogP contribution in [0.1, 0.15) is 43.0 Å². The van der Waals surface area contributed by atoms with Crippen molar-refractivity contribution in [3.63, 3.8) is 0 Å². The average molecular weight is 246 g/mol. The van der Waals surface area contributed by atoms with E-state index in [1.807, 2.05) is 19.9 Å². The van der Waals surface area contributed by atoms with Crippen molar-refractivity contribution in [1.29, 1.82) is 5.26 Å². The smallest absolute Gasteiger partial charge is 0.289 e. The first-order valence-corrected chi connectivity index (χ1v) is 6.37. The topological polar surface area (TPSA) is 57.2 Å². The van der Waals surface area contributed by atoms with E-state index in [4.69, 9.17) is 9.68 Å². The number of hydrogen-bond acceptors (Lipinski definition) is 3. The van der Waals surface area contributed by atoms with Crippen molar-refractivity contribution in [3.05, 3.63) is 23.7 Å². The molecule has 1 fully saturated rings. The minimum Gasteiger partial charge on any atom is -0.456 e. The molecule has 0 radical (unpaired) electrons. The molecular formula is C14H18N2O2. The molecule has 0 bridgehead atoms. The maximum atomic E-state index is 12.2. The molecule has 0 spiro atoms. The first-order valence-electron chi connectivity index (χ1n) is 6.37. The highest BCUT2D eigenvalue weighted by Crippen LogP contribution is 2.30. The van der Waals surface area contributed by atoms with Crippen LogP contribution < -0.4 is 0 Å². The SMILES string of the molecule is CCc1ccc(C(=O)N2CCC(C)(C#N)CC2)o1. The van der Waals surface area contributed by atoms with Gasteiger partial charge in [-0.1, -0.05) is 6.92 Å². The summed E-state index contributed by atoms with van der Waals surface area (Å²) >= 11 is 0. The second-order valence-electron chi connectivity index (χ2n) is 5.08. The summed E-state index contributed by atoms with van der Waals surface area (Å²) in [5, 5.41) is 9.06. The van der Waals surface area contributed by atoms with Gasteiger partial charge in [0.2, 0.25) is 0 Å². The highest BCUT2D eigenvalue weighted by atomic mass is 16.4. The lowest BCUT2D eigenvalue weighted by Crippen LogP contribution is -2.41. The molecule has 1 aromatic heterocycles. The minimum absolute atomic E-state index is 0.0605. The number of likely N-dealkylation sites (tertiary alicyclic amines) is 1. The molecule has 1 aliphatic rings. The number of hydrogen-bond donors (Lipinski definition) is 0. The Hall–Kier alpha value is -1.76. The third kappa shape index (κ3) is 2.40. The van der Waals surface area contributed by atoms with Gasteiger partial charge in [-0.15, -0.1) is 0 Å². The van der Waals surface area contributed by atoms with Crippen LogP contribution in [0.25, 0.3) is 0 Å². The van der Waals surface area contributed by atoms with Crippen LogP contribution in [0.4, 0.5) is 0 Å². The number of nitriles is 1. The van der Waals surface area contributed by atoms with Crippen molar-refractivity contribution in [2.45, 2.75) is 33.1 Å². The van der Waals surface area contributed by atoms with Gasteiger partial charge in [0.05, 0.1) is 11.5 Å². The van der Waals surface area contributed by atoms with Crippen molar-refractivity contribution in [1.82, 2.24) is 4.90 Å². The maximum Gasteiger partial charge on any atom is 0.289 e. The van der Waals surface area contributed by atoms with E-state index in [0.29, 0.717) is 18.8 Å². The standard InChI is InChI=1S/C14H18N2O2/c1-3-11-4-5-12(18-11)13(17)16-8-6-14(2,10-15)7-9-16/h4-5H,3,6-9H2,1-2H3. The van der Waals surface area contributed by atoms with Gasteiger partial charge in [-0.3, -0.25) is 4.79 Å². The molecule has 1 saturated heterocycles. The molecule has 1 amide bonds. The number of piperidine rings is 1. The van der Waals surface area contributed by atoms with Crippen molar-refractivity contribution >= 4 is 5.91 Å². The zero-order valence-corrected chi connectivity index (χ0v) is 10.9. The van der Waals surface area contributed by atoms with Gasteiger partial charge in [-0.2, -0.15) is 5.26 Å². The Morgan fingerprint density at radius 3 is 2.67 bits per heavy atom. The highest BCUT2D eigenvalue weighted by molar-refractivity contribution is 5.91. The van der Waals surface area contributed by atoms with Gasteiger partial charge in [-0.25, -0.2) is 0 Å². The van der Waals surface area contributed by atoms with E-state index in [2.05, 4.69) is 6.07 Å². The summed E-state index contributed by atoms with van der Waals surface area (Å²) < 4.78 is 5.47. The molecule has 2 heterocycles. The molecule has 1 aliphatic heterocycles. The number of furan rings is 1. The van der Waals surface area contributed by atoms with Crippen molar-refractivity contribution in [2.24, 2.45) is 5.41 Å². The molecular weight excluding hydrogens is 228 g/mol. The Kier molecular flexibility index (Phi) is 3.42. The second kappa shape index (κ2) is 4.85. The van der Waals surface area contributed by atoms with Crippen molar-refractivity contribution in [2.75, 3.05) is 13.1 Å². The van der Waals surface area contributed by atoms with Crippen LogP contribution in [0, 0.1) is 16.7 Å². The van der Waals surface area contributed by atoms with Gasteiger partial charge in [0, 0.05) is 19.5 Å². The largest absolute Gasteiger partial charge is 0.456 e. The number of amides is 1. The zero-order valence-electron chi connectivity index (χ0n) is 10.9. The van der Waals surface area contributed by atoms with Crippen molar-refractivity contribution < 1.29 is 9.21 Å². The third-order valence-electron chi connectivity index (χ3n) is 3.65. The lowest BCUT2D eigenvalue weighted by atomic mass is 9.82. The molecule has 1 aromatic rings. The molecule has 0 N–H and O–H groups in total. The molecule has 96 valence electrons. The summed E-state index contributed by atoms with van der Waals surface area (Å²) in [6, 6.07) is 5.91. The zero-order chi connectivity index (χ0) is 13.2. The predicted molar refractivity (Wildman–Crippen MR) is 66.9 cm³/mol. The van der Waals surface area contributed by atoms with Crippen LogP contribution in [-0.4, -0.2) is 23.9 Å². The first kappa shape index (κ1) is 12.7. The fraction of sp³-hybridized carbons (Fsp3) is 0.571. The van der Waals surface area contributed by atoms with Crippen LogP contribution >= 0.6 is 0 Å². The predicted octanol–water partition coefficient (Wildman–Crippen LogP) is 2.61. The van der Waals surface area contributed by atoms with Crippen LogP contribution in [0.15, 0.2) is 16.5 Å². The van der Waals surface area contributed by atoms with Gasteiger partial charge in [0.15, 0.2) is 5.76 Å². The van der Waals surface area contributed by atoms with E-state index in [1.165, 1.54) is 0 Å². The average Bonchev–Trinajstić information content (AvgIpc) is 2.87. The number of rotatable bonds is 2. The molecule has 0 aliphatic carbocycles. The van der Waals surface area contributed by atoms with Crippen LogP contribution in [0.5, 0.6) is 0 Å². The van der Waals surface area contributed by atoms with Crippen LogP contribution in [0.2, 0.25) is 0 Å². The Balaban J connectivity index is 2.02. The summed E-state index contributed by atoms with van der Waals surface area (Å²) in [5.41, 5.74) is -0.283. The minimum atomic E-state index is -0.283. The second-order valence-corrected chi connectivity index (χ2v) is 5.08. The lowest BCUT2D eigenvalue weighted by Gasteiger charge is -2.34. The fourth-order valence-electron chi connectivity index (χ4n) is 2.15. The van der Waals surface area contributed by atoms with E-state index < -0.39 is 0 Å². The third-order valence-corrected chi connectivity index (χ3v) is 3.65. The molecule has 4 nitrogen and oxygen atoms in total. The quantitative estimate of drug-likeness (QED) is 0.806. The van der Waals surface area contributed by atoms with E-state index in [-0.39, 0.29) is 11.3 Å². The Bertz CT molecular complexity index is 476. The van der Waals surface area contributed by atoms with E-state index >= 15 is 0 Å². The van der Waals surface area contributed by atoms with Crippen molar-refractivity contribution in [3.8, 4) is 6.07 Å². The van der Waals surface area contributed by atoms with Crippen LogP contribution in [0.3, 0.4) is 0 Å². The molecule has 0 unspecified atom stereocenters.